The number of hydrogen-bond acceptors (Lipinski definition) is 4. The zero-order valence-corrected chi connectivity index (χ0v) is 9.48. The first-order chi connectivity index (χ1) is 7.57. The standard InChI is InChI=1S/C11H10N2O2S/c1-16(14,15)10-2-3-11(13-8-10)9-4-6-12-7-5-9/h2-8H,1H3. The normalized spacial score (nSPS) is 11.3. The molecule has 0 radical (unpaired) electrons. The SMILES string of the molecule is CS(=O)(=O)c1ccc(-c2ccncc2)nc1. The molecular weight excluding hydrogens is 224 g/mol. The summed E-state index contributed by atoms with van der Waals surface area (Å²) in [6, 6.07) is 6.88. The average Bonchev–Trinajstić information content (AvgIpc) is 2.29. The summed E-state index contributed by atoms with van der Waals surface area (Å²) in [6.45, 7) is 0. The van der Waals surface area contributed by atoms with Crippen LogP contribution in [0.1, 0.15) is 0 Å². The van der Waals surface area contributed by atoms with Gasteiger partial charge in [0, 0.05) is 30.4 Å². The minimum atomic E-state index is -3.18. The second-order valence-corrected chi connectivity index (χ2v) is 5.40. The Morgan fingerprint density at radius 3 is 2.25 bits per heavy atom. The van der Waals surface area contributed by atoms with E-state index in [1.54, 1.807) is 24.5 Å². The fourth-order valence-electron chi connectivity index (χ4n) is 1.29. The molecule has 2 aromatic heterocycles. The third kappa shape index (κ3) is 2.25. The number of pyridine rings is 2. The fraction of sp³-hybridized carbons (Fsp3) is 0.0909. The summed E-state index contributed by atoms with van der Waals surface area (Å²) < 4.78 is 22.5. The van der Waals surface area contributed by atoms with Gasteiger partial charge in [0.05, 0.1) is 10.6 Å². The highest BCUT2D eigenvalue weighted by molar-refractivity contribution is 7.90. The molecule has 0 aliphatic rings. The molecule has 0 saturated heterocycles. The lowest BCUT2D eigenvalue weighted by molar-refractivity contribution is 0.601. The molecule has 2 heterocycles. The first-order valence-corrected chi connectivity index (χ1v) is 6.53. The van der Waals surface area contributed by atoms with E-state index in [-0.39, 0.29) is 4.90 Å². The van der Waals surface area contributed by atoms with Crippen LogP contribution in [-0.4, -0.2) is 24.6 Å². The Bertz CT molecular complexity index is 577. The van der Waals surface area contributed by atoms with Crippen molar-refractivity contribution in [3.63, 3.8) is 0 Å². The predicted molar refractivity (Wildman–Crippen MR) is 60.6 cm³/mol. The van der Waals surface area contributed by atoms with Gasteiger partial charge < -0.3 is 0 Å². The van der Waals surface area contributed by atoms with Crippen molar-refractivity contribution in [1.29, 1.82) is 0 Å². The third-order valence-corrected chi connectivity index (χ3v) is 3.24. The van der Waals surface area contributed by atoms with Crippen molar-refractivity contribution in [1.82, 2.24) is 9.97 Å². The zero-order chi connectivity index (χ0) is 11.6. The van der Waals surface area contributed by atoms with Crippen molar-refractivity contribution in [3.05, 3.63) is 42.9 Å². The molecule has 0 bridgehead atoms. The Labute approximate surface area is 93.9 Å². The molecule has 0 unspecified atom stereocenters. The van der Waals surface area contributed by atoms with E-state index < -0.39 is 9.84 Å². The van der Waals surface area contributed by atoms with Gasteiger partial charge in [-0.15, -0.1) is 0 Å². The molecule has 0 amide bonds. The Morgan fingerprint density at radius 2 is 1.75 bits per heavy atom. The summed E-state index contributed by atoms with van der Waals surface area (Å²) in [7, 11) is -3.18. The van der Waals surface area contributed by atoms with Gasteiger partial charge in [-0.25, -0.2) is 8.42 Å². The summed E-state index contributed by atoms with van der Waals surface area (Å²) in [6.07, 6.45) is 5.87. The van der Waals surface area contributed by atoms with Crippen LogP contribution in [0, 0.1) is 0 Å². The highest BCUT2D eigenvalue weighted by Gasteiger charge is 2.07. The molecule has 0 aromatic carbocycles. The Hall–Kier alpha value is -1.75. The van der Waals surface area contributed by atoms with E-state index in [9.17, 15) is 8.42 Å². The third-order valence-electron chi connectivity index (χ3n) is 2.14. The summed E-state index contributed by atoms with van der Waals surface area (Å²) in [5, 5.41) is 0. The number of hydrogen-bond donors (Lipinski definition) is 0. The number of nitrogens with zero attached hydrogens (tertiary/aromatic N) is 2. The van der Waals surface area contributed by atoms with E-state index in [2.05, 4.69) is 9.97 Å². The van der Waals surface area contributed by atoms with E-state index in [0.29, 0.717) is 0 Å². The quantitative estimate of drug-likeness (QED) is 0.791. The first-order valence-electron chi connectivity index (χ1n) is 4.64. The van der Waals surface area contributed by atoms with Crippen molar-refractivity contribution in [2.75, 3.05) is 6.26 Å². The summed E-state index contributed by atoms with van der Waals surface area (Å²) in [5.74, 6) is 0. The van der Waals surface area contributed by atoms with Gasteiger partial charge in [0.15, 0.2) is 9.84 Å². The molecule has 2 rings (SSSR count). The molecular formula is C11H10N2O2S. The van der Waals surface area contributed by atoms with Gasteiger partial charge in [-0.3, -0.25) is 9.97 Å². The summed E-state index contributed by atoms with van der Waals surface area (Å²) in [5.41, 5.74) is 1.64. The van der Waals surface area contributed by atoms with Crippen LogP contribution < -0.4 is 0 Å². The zero-order valence-electron chi connectivity index (χ0n) is 8.66. The average molecular weight is 234 g/mol. The smallest absolute Gasteiger partial charge is 0.177 e. The Morgan fingerprint density at radius 1 is 1.06 bits per heavy atom. The van der Waals surface area contributed by atoms with Gasteiger partial charge in [-0.1, -0.05) is 0 Å². The molecule has 0 N–H and O–H groups in total. The van der Waals surface area contributed by atoms with Crippen LogP contribution in [0.2, 0.25) is 0 Å². The van der Waals surface area contributed by atoms with Gasteiger partial charge in [-0.05, 0) is 24.3 Å². The maximum atomic E-state index is 11.2. The van der Waals surface area contributed by atoms with Crippen LogP contribution in [0.5, 0.6) is 0 Å². The van der Waals surface area contributed by atoms with Crippen molar-refractivity contribution in [3.8, 4) is 11.3 Å². The molecule has 0 saturated carbocycles. The van der Waals surface area contributed by atoms with Gasteiger partial charge in [0.2, 0.25) is 0 Å². The molecule has 82 valence electrons. The number of rotatable bonds is 2. The Balaban J connectivity index is 2.41. The largest absolute Gasteiger partial charge is 0.265 e. The minimum Gasteiger partial charge on any atom is -0.265 e. The second kappa shape index (κ2) is 4.02. The molecule has 16 heavy (non-hydrogen) atoms. The predicted octanol–water partition coefficient (Wildman–Crippen LogP) is 1.55. The van der Waals surface area contributed by atoms with Crippen molar-refractivity contribution in [2.24, 2.45) is 0 Å². The van der Waals surface area contributed by atoms with Gasteiger partial charge in [0.25, 0.3) is 0 Å². The lowest BCUT2D eigenvalue weighted by atomic mass is 10.2. The van der Waals surface area contributed by atoms with E-state index in [4.69, 9.17) is 0 Å². The maximum Gasteiger partial charge on any atom is 0.177 e. The molecule has 4 nitrogen and oxygen atoms in total. The lowest BCUT2D eigenvalue weighted by Gasteiger charge is -2.01. The minimum absolute atomic E-state index is 0.227. The second-order valence-electron chi connectivity index (χ2n) is 3.39. The summed E-state index contributed by atoms with van der Waals surface area (Å²) in [4.78, 5) is 8.24. The topological polar surface area (TPSA) is 59.9 Å². The van der Waals surface area contributed by atoms with Crippen LogP contribution in [0.15, 0.2) is 47.8 Å². The van der Waals surface area contributed by atoms with Crippen molar-refractivity contribution < 1.29 is 8.42 Å². The van der Waals surface area contributed by atoms with E-state index in [1.807, 2.05) is 12.1 Å². The van der Waals surface area contributed by atoms with Crippen LogP contribution in [0.25, 0.3) is 11.3 Å². The monoisotopic (exact) mass is 234 g/mol. The van der Waals surface area contributed by atoms with Crippen LogP contribution >= 0.6 is 0 Å². The van der Waals surface area contributed by atoms with Gasteiger partial charge in [0.1, 0.15) is 0 Å². The number of sulfone groups is 1. The van der Waals surface area contributed by atoms with Crippen molar-refractivity contribution in [2.45, 2.75) is 4.90 Å². The van der Waals surface area contributed by atoms with Crippen molar-refractivity contribution >= 4 is 9.84 Å². The first kappa shape index (κ1) is 10.8. The van der Waals surface area contributed by atoms with Crippen LogP contribution in [0.4, 0.5) is 0 Å². The van der Waals surface area contributed by atoms with E-state index in [1.165, 1.54) is 6.20 Å². The van der Waals surface area contributed by atoms with Crippen LogP contribution in [-0.2, 0) is 9.84 Å². The molecule has 0 aliphatic carbocycles. The highest BCUT2D eigenvalue weighted by Crippen LogP contribution is 2.17. The van der Waals surface area contributed by atoms with Gasteiger partial charge in [-0.2, -0.15) is 0 Å². The molecule has 0 fully saturated rings. The van der Waals surface area contributed by atoms with Crippen LogP contribution in [0.3, 0.4) is 0 Å². The Kier molecular flexibility index (Phi) is 2.70. The molecule has 0 aliphatic heterocycles. The molecule has 0 spiro atoms. The van der Waals surface area contributed by atoms with E-state index in [0.717, 1.165) is 17.5 Å². The highest BCUT2D eigenvalue weighted by atomic mass is 32.2. The molecule has 2 aromatic rings. The number of aromatic nitrogens is 2. The van der Waals surface area contributed by atoms with E-state index >= 15 is 0 Å². The molecule has 0 atom stereocenters. The van der Waals surface area contributed by atoms with Gasteiger partial charge >= 0.3 is 0 Å². The maximum absolute atomic E-state index is 11.2. The summed E-state index contributed by atoms with van der Waals surface area (Å²) >= 11 is 0. The lowest BCUT2D eigenvalue weighted by Crippen LogP contribution is -1.97. The fourth-order valence-corrected chi connectivity index (χ4v) is 1.85. The molecule has 5 heteroatoms.